The predicted octanol–water partition coefficient (Wildman–Crippen LogP) is 6.49. The number of amides is 2. The van der Waals surface area contributed by atoms with Crippen LogP contribution < -0.4 is 9.62 Å². The van der Waals surface area contributed by atoms with E-state index in [2.05, 4.69) is 19.2 Å². The van der Waals surface area contributed by atoms with Crippen LogP contribution in [0.15, 0.2) is 77.7 Å². The molecule has 0 bridgehead atoms. The second-order valence-electron chi connectivity index (χ2n) is 11.9. The lowest BCUT2D eigenvalue weighted by atomic mass is 10.0. The molecule has 0 unspecified atom stereocenters. The average Bonchev–Trinajstić information content (AvgIpc) is 3.50. The molecule has 2 amide bonds. The molecule has 1 atom stereocenters. The van der Waals surface area contributed by atoms with Gasteiger partial charge in [-0.3, -0.25) is 13.9 Å². The SMILES string of the molecule is CC[C@@H](C(=O)NC1CCCC1)N(Cc1ccccc1C)C(=O)CN(c1ccc(C(C)C)cc1)S(=O)(=O)c1ccc(C)cc1. The van der Waals surface area contributed by atoms with Crippen molar-refractivity contribution in [3.63, 3.8) is 0 Å². The molecule has 1 saturated carbocycles. The highest BCUT2D eigenvalue weighted by Gasteiger charge is 2.34. The normalized spacial score (nSPS) is 14.5. The summed E-state index contributed by atoms with van der Waals surface area (Å²) in [6.07, 6.45) is 4.43. The number of carbonyl (C=O) groups is 2. The van der Waals surface area contributed by atoms with Gasteiger partial charge in [0.2, 0.25) is 11.8 Å². The molecule has 4 rings (SSSR count). The highest BCUT2D eigenvalue weighted by Crippen LogP contribution is 2.27. The van der Waals surface area contributed by atoms with Gasteiger partial charge in [0.1, 0.15) is 12.6 Å². The molecule has 3 aromatic rings. The monoisotopic (exact) mass is 603 g/mol. The smallest absolute Gasteiger partial charge is 0.264 e. The molecule has 0 saturated heterocycles. The molecule has 1 fully saturated rings. The minimum atomic E-state index is -4.10. The first kappa shape index (κ1) is 32.3. The van der Waals surface area contributed by atoms with Crippen LogP contribution in [0.5, 0.6) is 0 Å². The van der Waals surface area contributed by atoms with E-state index in [4.69, 9.17) is 0 Å². The van der Waals surface area contributed by atoms with Gasteiger partial charge in [-0.05, 0) is 80.0 Å². The van der Waals surface area contributed by atoms with Crippen LogP contribution in [0, 0.1) is 13.8 Å². The number of hydrogen-bond acceptors (Lipinski definition) is 4. The van der Waals surface area contributed by atoms with Gasteiger partial charge in [-0.1, -0.05) is 87.7 Å². The minimum Gasteiger partial charge on any atom is -0.352 e. The van der Waals surface area contributed by atoms with Gasteiger partial charge in [0.05, 0.1) is 10.6 Å². The number of hydrogen-bond donors (Lipinski definition) is 1. The van der Waals surface area contributed by atoms with Crippen molar-refractivity contribution in [1.82, 2.24) is 10.2 Å². The van der Waals surface area contributed by atoms with Gasteiger partial charge in [-0.15, -0.1) is 0 Å². The first-order valence-corrected chi connectivity index (χ1v) is 16.8. The zero-order chi connectivity index (χ0) is 31.1. The quantitative estimate of drug-likeness (QED) is 0.257. The second-order valence-corrected chi connectivity index (χ2v) is 13.8. The Balaban J connectivity index is 1.73. The van der Waals surface area contributed by atoms with Crippen LogP contribution in [0.25, 0.3) is 0 Å². The Morgan fingerprint density at radius 1 is 0.907 bits per heavy atom. The van der Waals surface area contributed by atoms with E-state index in [1.165, 1.54) is 4.31 Å². The maximum absolute atomic E-state index is 14.3. The molecule has 0 aliphatic heterocycles. The van der Waals surface area contributed by atoms with Gasteiger partial charge >= 0.3 is 0 Å². The Morgan fingerprint density at radius 3 is 2.12 bits per heavy atom. The van der Waals surface area contributed by atoms with Crippen LogP contribution in [0.3, 0.4) is 0 Å². The third-order valence-corrected chi connectivity index (χ3v) is 10.2. The molecule has 0 heterocycles. The van der Waals surface area contributed by atoms with Gasteiger partial charge < -0.3 is 10.2 Å². The van der Waals surface area contributed by atoms with Crippen LogP contribution >= 0.6 is 0 Å². The number of nitrogens with one attached hydrogen (secondary N) is 1. The number of anilines is 1. The Hall–Kier alpha value is -3.65. The third kappa shape index (κ3) is 7.85. The second kappa shape index (κ2) is 14.2. The fourth-order valence-electron chi connectivity index (χ4n) is 5.65. The Bertz CT molecular complexity index is 1490. The summed E-state index contributed by atoms with van der Waals surface area (Å²) in [6.45, 7) is 9.68. The van der Waals surface area contributed by atoms with E-state index in [1.54, 1.807) is 41.3 Å². The minimum absolute atomic E-state index is 0.106. The van der Waals surface area contributed by atoms with E-state index in [9.17, 15) is 18.0 Å². The van der Waals surface area contributed by atoms with Crippen molar-refractivity contribution in [2.45, 2.75) is 96.2 Å². The van der Waals surface area contributed by atoms with Crippen LogP contribution in [0.1, 0.15) is 81.0 Å². The molecule has 8 heteroatoms. The van der Waals surface area contributed by atoms with E-state index in [0.717, 1.165) is 47.9 Å². The summed E-state index contributed by atoms with van der Waals surface area (Å²) in [5.41, 5.74) is 4.32. The first-order valence-electron chi connectivity index (χ1n) is 15.3. The fraction of sp³-hybridized carbons (Fsp3) is 0.429. The summed E-state index contributed by atoms with van der Waals surface area (Å²) in [4.78, 5) is 29.6. The summed E-state index contributed by atoms with van der Waals surface area (Å²) < 4.78 is 29.4. The lowest BCUT2D eigenvalue weighted by Crippen LogP contribution is -2.53. The van der Waals surface area contributed by atoms with E-state index in [-0.39, 0.29) is 29.3 Å². The summed E-state index contributed by atoms with van der Waals surface area (Å²) in [5.74, 6) is -0.350. The number of benzene rings is 3. The van der Waals surface area contributed by atoms with Crippen molar-refractivity contribution in [3.05, 3.63) is 95.1 Å². The zero-order valence-corrected chi connectivity index (χ0v) is 26.9. The van der Waals surface area contributed by atoms with Gasteiger partial charge in [0.25, 0.3) is 10.0 Å². The van der Waals surface area contributed by atoms with Crippen LogP contribution in [-0.2, 0) is 26.2 Å². The van der Waals surface area contributed by atoms with Crippen molar-refractivity contribution in [1.29, 1.82) is 0 Å². The molecule has 0 spiro atoms. The van der Waals surface area contributed by atoms with Gasteiger partial charge in [-0.2, -0.15) is 0 Å². The van der Waals surface area contributed by atoms with Gasteiger partial charge in [-0.25, -0.2) is 8.42 Å². The van der Waals surface area contributed by atoms with Crippen LogP contribution in [0.4, 0.5) is 5.69 Å². The largest absolute Gasteiger partial charge is 0.352 e. The van der Waals surface area contributed by atoms with Crippen molar-refractivity contribution in [2.24, 2.45) is 0 Å². The summed E-state index contributed by atoms with van der Waals surface area (Å²) in [7, 11) is -4.10. The molecule has 0 radical (unpaired) electrons. The highest BCUT2D eigenvalue weighted by atomic mass is 32.2. The number of sulfonamides is 1. The Morgan fingerprint density at radius 2 is 1.53 bits per heavy atom. The topological polar surface area (TPSA) is 86.8 Å². The van der Waals surface area contributed by atoms with Crippen molar-refractivity contribution in [2.75, 3.05) is 10.8 Å². The molecule has 1 N–H and O–H groups in total. The first-order chi connectivity index (χ1) is 20.5. The zero-order valence-electron chi connectivity index (χ0n) is 26.0. The summed E-state index contributed by atoms with van der Waals surface area (Å²) >= 11 is 0. The van der Waals surface area contributed by atoms with Crippen LogP contribution in [-0.4, -0.2) is 43.8 Å². The maximum Gasteiger partial charge on any atom is 0.264 e. The van der Waals surface area contributed by atoms with Crippen LogP contribution in [0.2, 0.25) is 0 Å². The molecule has 230 valence electrons. The molecule has 43 heavy (non-hydrogen) atoms. The van der Waals surface area contributed by atoms with E-state index < -0.39 is 28.5 Å². The molecule has 1 aliphatic carbocycles. The fourth-order valence-corrected chi connectivity index (χ4v) is 7.06. The lowest BCUT2D eigenvalue weighted by molar-refractivity contribution is -0.140. The van der Waals surface area contributed by atoms with E-state index in [1.807, 2.05) is 57.2 Å². The van der Waals surface area contributed by atoms with Crippen molar-refractivity contribution >= 4 is 27.5 Å². The summed E-state index contributed by atoms with van der Waals surface area (Å²) in [6, 6.07) is 21.1. The number of nitrogens with zero attached hydrogens (tertiary/aromatic N) is 2. The van der Waals surface area contributed by atoms with E-state index >= 15 is 0 Å². The Labute approximate surface area is 257 Å². The Kier molecular flexibility index (Phi) is 10.7. The maximum atomic E-state index is 14.3. The lowest BCUT2D eigenvalue weighted by Gasteiger charge is -2.34. The number of rotatable bonds is 12. The number of aryl methyl sites for hydroxylation is 2. The van der Waals surface area contributed by atoms with Crippen molar-refractivity contribution < 1.29 is 18.0 Å². The molecule has 1 aliphatic rings. The van der Waals surface area contributed by atoms with Gasteiger partial charge in [0.15, 0.2) is 0 Å². The molecule has 7 nitrogen and oxygen atoms in total. The predicted molar refractivity (Wildman–Crippen MR) is 172 cm³/mol. The average molecular weight is 604 g/mol. The van der Waals surface area contributed by atoms with Gasteiger partial charge in [0, 0.05) is 12.6 Å². The molecular weight excluding hydrogens is 558 g/mol. The highest BCUT2D eigenvalue weighted by molar-refractivity contribution is 7.92. The van der Waals surface area contributed by atoms with Crippen molar-refractivity contribution in [3.8, 4) is 0 Å². The third-order valence-electron chi connectivity index (χ3n) is 8.43. The molecule has 0 aromatic heterocycles. The standard InChI is InChI=1S/C35H45N3O4S/c1-6-33(35(40)36-30-13-9-10-14-30)37(23-29-12-8-7-11-27(29)5)34(39)24-38(31-19-17-28(18-20-31)25(2)3)43(41,42)32-21-15-26(4)16-22-32/h7-8,11-12,15-22,25,30,33H,6,9-10,13-14,23-24H2,1-5H3,(H,36,40)/t33-/m0/s1. The molecule has 3 aromatic carbocycles. The number of carbonyl (C=O) groups excluding carboxylic acids is 2. The molecular formula is C35H45N3O4S. The van der Waals surface area contributed by atoms with E-state index in [0.29, 0.717) is 12.1 Å². The summed E-state index contributed by atoms with van der Waals surface area (Å²) in [5, 5.41) is 3.16.